The second-order valence-electron chi connectivity index (χ2n) is 4.54. The number of aliphatic hydroxyl groups excluding tert-OH is 1. The molecule has 5 nitrogen and oxygen atoms in total. The Labute approximate surface area is 111 Å². The first-order chi connectivity index (χ1) is 8.99. The number of halogens is 1. The standard InChI is InChI=1S/C13H19FN2O3/c1-3-10(4-5-17)8-15-12-6-9(2)11(14)7-13(12)16(18)19/h6-7,10,15,17H,3-5,8H2,1-2H3. The third-order valence-electron chi connectivity index (χ3n) is 3.17. The van der Waals surface area contributed by atoms with Gasteiger partial charge in [-0.1, -0.05) is 13.3 Å². The van der Waals surface area contributed by atoms with Crippen molar-refractivity contribution in [1.29, 1.82) is 0 Å². The van der Waals surface area contributed by atoms with Crippen LogP contribution in [0.4, 0.5) is 15.8 Å². The summed E-state index contributed by atoms with van der Waals surface area (Å²) in [5.74, 6) is -0.352. The number of hydrogen-bond donors (Lipinski definition) is 2. The third-order valence-corrected chi connectivity index (χ3v) is 3.17. The van der Waals surface area contributed by atoms with Crippen molar-refractivity contribution < 1.29 is 14.4 Å². The number of nitro benzene ring substituents is 1. The summed E-state index contributed by atoms with van der Waals surface area (Å²) in [5, 5.41) is 22.8. The summed E-state index contributed by atoms with van der Waals surface area (Å²) in [7, 11) is 0. The van der Waals surface area contributed by atoms with Gasteiger partial charge in [0, 0.05) is 13.2 Å². The highest BCUT2D eigenvalue weighted by Crippen LogP contribution is 2.28. The van der Waals surface area contributed by atoms with Gasteiger partial charge in [-0.15, -0.1) is 0 Å². The SMILES string of the molecule is CCC(CCO)CNc1cc(C)c(F)cc1[N+](=O)[O-]. The first kappa shape index (κ1) is 15.4. The van der Waals surface area contributed by atoms with E-state index in [0.29, 0.717) is 24.2 Å². The van der Waals surface area contributed by atoms with E-state index in [4.69, 9.17) is 5.11 Å². The number of hydrogen-bond acceptors (Lipinski definition) is 4. The van der Waals surface area contributed by atoms with Crippen LogP contribution in [-0.2, 0) is 0 Å². The van der Waals surface area contributed by atoms with Crippen LogP contribution in [0.1, 0.15) is 25.3 Å². The van der Waals surface area contributed by atoms with Crippen molar-refractivity contribution >= 4 is 11.4 Å². The molecule has 1 atom stereocenters. The zero-order valence-corrected chi connectivity index (χ0v) is 11.1. The zero-order valence-electron chi connectivity index (χ0n) is 11.1. The van der Waals surface area contributed by atoms with Crippen LogP contribution in [0.2, 0.25) is 0 Å². The molecule has 0 fully saturated rings. The van der Waals surface area contributed by atoms with Gasteiger partial charge in [0.25, 0.3) is 5.69 Å². The molecule has 0 saturated carbocycles. The predicted molar refractivity (Wildman–Crippen MR) is 71.8 cm³/mol. The van der Waals surface area contributed by atoms with Gasteiger partial charge in [-0.2, -0.15) is 0 Å². The molecule has 0 spiro atoms. The van der Waals surface area contributed by atoms with E-state index in [1.165, 1.54) is 6.07 Å². The van der Waals surface area contributed by atoms with Crippen molar-refractivity contribution in [2.24, 2.45) is 5.92 Å². The van der Waals surface area contributed by atoms with Crippen LogP contribution in [0.15, 0.2) is 12.1 Å². The molecule has 0 aliphatic rings. The predicted octanol–water partition coefficient (Wildman–Crippen LogP) is 2.86. The van der Waals surface area contributed by atoms with E-state index in [1.54, 1.807) is 6.92 Å². The highest BCUT2D eigenvalue weighted by Gasteiger charge is 2.17. The van der Waals surface area contributed by atoms with Crippen LogP contribution in [0.25, 0.3) is 0 Å². The lowest BCUT2D eigenvalue weighted by atomic mass is 10.0. The molecular formula is C13H19FN2O3. The summed E-state index contributed by atoms with van der Waals surface area (Å²) in [6, 6.07) is 2.38. The van der Waals surface area contributed by atoms with Crippen molar-refractivity contribution in [3.63, 3.8) is 0 Å². The molecule has 1 unspecified atom stereocenters. The largest absolute Gasteiger partial charge is 0.396 e. The number of nitrogens with one attached hydrogen (secondary N) is 1. The van der Waals surface area contributed by atoms with E-state index in [9.17, 15) is 14.5 Å². The number of benzene rings is 1. The maximum Gasteiger partial charge on any atom is 0.295 e. The summed E-state index contributed by atoms with van der Waals surface area (Å²) in [4.78, 5) is 10.3. The number of aliphatic hydroxyl groups is 1. The Kier molecular flexibility index (Phi) is 5.69. The van der Waals surface area contributed by atoms with E-state index in [-0.39, 0.29) is 18.2 Å². The van der Waals surface area contributed by atoms with E-state index in [0.717, 1.165) is 12.5 Å². The average molecular weight is 270 g/mol. The van der Waals surface area contributed by atoms with Gasteiger partial charge in [-0.25, -0.2) is 4.39 Å². The number of rotatable bonds is 7. The lowest BCUT2D eigenvalue weighted by Gasteiger charge is -2.15. The maximum absolute atomic E-state index is 13.3. The van der Waals surface area contributed by atoms with Gasteiger partial charge < -0.3 is 10.4 Å². The minimum Gasteiger partial charge on any atom is -0.396 e. The molecule has 106 valence electrons. The molecule has 0 saturated heterocycles. The van der Waals surface area contributed by atoms with Crippen molar-refractivity contribution in [1.82, 2.24) is 0 Å². The molecule has 1 aromatic carbocycles. The molecular weight excluding hydrogens is 251 g/mol. The van der Waals surface area contributed by atoms with E-state index in [1.807, 2.05) is 6.92 Å². The van der Waals surface area contributed by atoms with Crippen LogP contribution >= 0.6 is 0 Å². The Hall–Kier alpha value is -1.69. The highest BCUT2D eigenvalue weighted by molar-refractivity contribution is 5.63. The quantitative estimate of drug-likeness (QED) is 0.590. The Bertz CT molecular complexity index is 452. The second kappa shape index (κ2) is 7.04. The maximum atomic E-state index is 13.3. The van der Waals surface area contributed by atoms with Crippen LogP contribution in [-0.4, -0.2) is 23.2 Å². The second-order valence-corrected chi connectivity index (χ2v) is 4.54. The fourth-order valence-electron chi connectivity index (χ4n) is 1.85. The van der Waals surface area contributed by atoms with Crippen molar-refractivity contribution in [3.8, 4) is 0 Å². The van der Waals surface area contributed by atoms with E-state index >= 15 is 0 Å². The molecule has 6 heteroatoms. The highest BCUT2D eigenvalue weighted by atomic mass is 19.1. The number of nitrogens with zero attached hydrogens (tertiary/aromatic N) is 1. The Balaban J connectivity index is 2.87. The van der Waals surface area contributed by atoms with Gasteiger partial charge in [0.05, 0.1) is 11.0 Å². The van der Waals surface area contributed by atoms with Crippen LogP contribution in [0, 0.1) is 28.8 Å². The molecule has 19 heavy (non-hydrogen) atoms. The molecule has 0 radical (unpaired) electrons. The lowest BCUT2D eigenvalue weighted by molar-refractivity contribution is -0.384. The number of aryl methyl sites for hydroxylation is 1. The summed E-state index contributed by atoms with van der Waals surface area (Å²) >= 11 is 0. The number of nitro groups is 1. The summed E-state index contributed by atoms with van der Waals surface area (Å²) in [6.45, 7) is 4.16. The van der Waals surface area contributed by atoms with Crippen molar-refractivity contribution in [2.75, 3.05) is 18.5 Å². The van der Waals surface area contributed by atoms with Gasteiger partial charge in [0.15, 0.2) is 0 Å². The Morgan fingerprint density at radius 1 is 1.53 bits per heavy atom. The van der Waals surface area contributed by atoms with E-state index < -0.39 is 10.7 Å². The van der Waals surface area contributed by atoms with Gasteiger partial charge in [0.1, 0.15) is 11.5 Å². The minimum absolute atomic E-state index is 0.0880. The van der Waals surface area contributed by atoms with Crippen LogP contribution < -0.4 is 5.32 Å². The smallest absolute Gasteiger partial charge is 0.295 e. The Morgan fingerprint density at radius 2 is 2.21 bits per heavy atom. The fourth-order valence-corrected chi connectivity index (χ4v) is 1.85. The third kappa shape index (κ3) is 4.17. The molecule has 2 N–H and O–H groups in total. The van der Waals surface area contributed by atoms with Crippen LogP contribution in [0.5, 0.6) is 0 Å². The summed E-state index contributed by atoms with van der Waals surface area (Å²) in [5.41, 5.74) is 0.422. The molecule has 0 amide bonds. The van der Waals surface area contributed by atoms with Gasteiger partial charge >= 0.3 is 0 Å². The molecule has 1 aromatic rings. The number of anilines is 1. The monoisotopic (exact) mass is 270 g/mol. The molecule has 0 aliphatic heterocycles. The molecule has 0 bridgehead atoms. The summed E-state index contributed by atoms with van der Waals surface area (Å²) < 4.78 is 13.3. The fraction of sp³-hybridized carbons (Fsp3) is 0.538. The van der Waals surface area contributed by atoms with Gasteiger partial charge in [0.2, 0.25) is 0 Å². The van der Waals surface area contributed by atoms with Gasteiger partial charge in [-0.05, 0) is 30.9 Å². The lowest BCUT2D eigenvalue weighted by Crippen LogP contribution is -2.16. The molecule has 0 aromatic heterocycles. The first-order valence-corrected chi connectivity index (χ1v) is 6.28. The van der Waals surface area contributed by atoms with E-state index in [2.05, 4.69) is 5.32 Å². The Morgan fingerprint density at radius 3 is 2.74 bits per heavy atom. The van der Waals surface area contributed by atoms with Crippen molar-refractivity contribution in [2.45, 2.75) is 26.7 Å². The zero-order chi connectivity index (χ0) is 14.4. The normalized spacial score (nSPS) is 12.2. The summed E-state index contributed by atoms with van der Waals surface area (Å²) in [6.07, 6.45) is 1.50. The molecule has 0 heterocycles. The average Bonchev–Trinajstić information content (AvgIpc) is 2.37. The molecule has 1 rings (SSSR count). The minimum atomic E-state index is -0.599. The topological polar surface area (TPSA) is 75.4 Å². The molecule has 0 aliphatic carbocycles. The van der Waals surface area contributed by atoms with Crippen molar-refractivity contribution in [3.05, 3.63) is 33.6 Å². The first-order valence-electron chi connectivity index (χ1n) is 6.28. The van der Waals surface area contributed by atoms with Crippen LogP contribution in [0.3, 0.4) is 0 Å². The van der Waals surface area contributed by atoms with Gasteiger partial charge in [-0.3, -0.25) is 10.1 Å².